The monoisotopic (exact) mass is 328 g/mol. The summed E-state index contributed by atoms with van der Waals surface area (Å²) in [6.07, 6.45) is 1.60. The van der Waals surface area contributed by atoms with Crippen LogP contribution in [0.4, 0.5) is 0 Å². The van der Waals surface area contributed by atoms with Crippen molar-refractivity contribution in [2.75, 3.05) is 13.1 Å². The van der Waals surface area contributed by atoms with E-state index < -0.39 is 0 Å². The van der Waals surface area contributed by atoms with Crippen LogP contribution >= 0.6 is 11.3 Å². The zero-order valence-electron chi connectivity index (χ0n) is 13.1. The number of hydrogen-bond acceptors (Lipinski definition) is 3. The van der Waals surface area contributed by atoms with Crippen LogP contribution in [0.1, 0.15) is 28.1 Å². The minimum Gasteiger partial charge on any atom is -0.369 e. The van der Waals surface area contributed by atoms with Gasteiger partial charge in [-0.2, -0.15) is 0 Å². The quantitative estimate of drug-likeness (QED) is 0.941. The van der Waals surface area contributed by atoms with E-state index in [9.17, 15) is 9.59 Å². The number of rotatable bonds is 3. The number of amides is 2. The Balaban J connectivity index is 1.85. The Kier molecular flexibility index (Phi) is 4.48. The summed E-state index contributed by atoms with van der Waals surface area (Å²) in [7, 11) is 0. The van der Waals surface area contributed by atoms with Gasteiger partial charge in [0.1, 0.15) is 0 Å². The Bertz CT molecular complexity index is 721. The Hall–Kier alpha value is -2.14. The highest BCUT2D eigenvalue weighted by atomic mass is 32.1. The number of nitrogens with two attached hydrogens (primary N) is 1. The molecule has 2 N–H and O–H groups in total. The molecule has 1 aromatic heterocycles. The molecule has 23 heavy (non-hydrogen) atoms. The Labute approximate surface area is 139 Å². The third-order valence-corrected chi connectivity index (χ3v) is 5.24. The highest BCUT2D eigenvalue weighted by Gasteiger charge is 2.29. The molecule has 1 aromatic carbocycles. The van der Waals surface area contributed by atoms with Gasteiger partial charge in [0.25, 0.3) is 5.91 Å². The molecule has 2 heterocycles. The first kappa shape index (κ1) is 15.7. The maximum absolute atomic E-state index is 12.9. The van der Waals surface area contributed by atoms with Crippen LogP contribution in [0.2, 0.25) is 0 Å². The summed E-state index contributed by atoms with van der Waals surface area (Å²) < 4.78 is 0. The molecule has 3 rings (SSSR count). The molecule has 0 spiro atoms. The van der Waals surface area contributed by atoms with Gasteiger partial charge in [-0.15, -0.1) is 11.3 Å². The number of primary amides is 1. The summed E-state index contributed by atoms with van der Waals surface area (Å²) in [5, 5.41) is 1.94. The summed E-state index contributed by atoms with van der Waals surface area (Å²) in [5.74, 6) is -0.538. The lowest BCUT2D eigenvalue weighted by Gasteiger charge is -2.31. The number of carbonyl (C=O) groups excluding carboxylic acids is 2. The van der Waals surface area contributed by atoms with Crippen LogP contribution in [-0.4, -0.2) is 29.8 Å². The molecule has 120 valence electrons. The van der Waals surface area contributed by atoms with Crippen LogP contribution in [0, 0.1) is 12.8 Å². The summed E-state index contributed by atoms with van der Waals surface area (Å²) in [4.78, 5) is 26.8. The van der Waals surface area contributed by atoms with Crippen molar-refractivity contribution in [3.63, 3.8) is 0 Å². The van der Waals surface area contributed by atoms with E-state index in [0.717, 1.165) is 28.8 Å². The lowest BCUT2D eigenvalue weighted by molar-refractivity contribution is -0.123. The van der Waals surface area contributed by atoms with Gasteiger partial charge in [0.05, 0.1) is 10.8 Å². The van der Waals surface area contributed by atoms with E-state index in [0.29, 0.717) is 13.1 Å². The van der Waals surface area contributed by atoms with Crippen LogP contribution in [0.25, 0.3) is 11.1 Å². The van der Waals surface area contributed by atoms with E-state index in [2.05, 4.69) is 0 Å². The number of likely N-dealkylation sites (tertiary alicyclic amines) is 1. The number of carbonyl (C=O) groups is 2. The average Bonchev–Trinajstić information content (AvgIpc) is 3.04. The third kappa shape index (κ3) is 3.29. The summed E-state index contributed by atoms with van der Waals surface area (Å²) in [6.45, 7) is 3.16. The zero-order chi connectivity index (χ0) is 16.4. The van der Waals surface area contributed by atoms with Gasteiger partial charge < -0.3 is 10.6 Å². The van der Waals surface area contributed by atoms with Crippen LogP contribution in [0.3, 0.4) is 0 Å². The van der Waals surface area contributed by atoms with Gasteiger partial charge in [-0.05, 0) is 36.8 Å². The standard InChI is InChI=1S/C18H20N2O2S/c1-12-4-6-13(7-5-12)15-8-10-23-16(15)18(22)20-9-2-3-14(11-20)17(19)21/h4-8,10,14H,2-3,9,11H2,1H3,(H2,19,21). The number of nitrogens with zero attached hydrogens (tertiary/aromatic N) is 1. The Morgan fingerprint density at radius 1 is 1.22 bits per heavy atom. The minimum absolute atomic E-state index is 0.00141. The van der Waals surface area contributed by atoms with Gasteiger partial charge in [-0.3, -0.25) is 9.59 Å². The molecular formula is C18H20N2O2S. The van der Waals surface area contributed by atoms with E-state index in [4.69, 9.17) is 5.73 Å². The Morgan fingerprint density at radius 2 is 1.96 bits per heavy atom. The average molecular weight is 328 g/mol. The first-order valence-corrected chi connectivity index (χ1v) is 8.67. The van der Waals surface area contributed by atoms with Gasteiger partial charge in [0, 0.05) is 18.7 Å². The molecule has 1 atom stereocenters. The van der Waals surface area contributed by atoms with E-state index in [1.54, 1.807) is 4.90 Å². The molecule has 0 bridgehead atoms. The van der Waals surface area contributed by atoms with E-state index >= 15 is 0 Å². The molecule has 1 fully saturated rings. The predicted octanol–water partition coefficient (Wildman–Crippen LogP) is 3.06. The number of benzene rings is 1. The molecule has 1 saturated heterocycles. The fraction of sp³-hybridized carbons (Fsp3) is 0.333. The highest BCUT2D eigenvalue weighted by Crippen LogP contribution is 2.30. The van der Waals surface area contributed by atoms with Crippen molar-refractivity contribution in [3.8, 4) is 11.1 Å². The van der Waals surface area contributed by atoms with E-state index in [1.165, 1.54) is 16.9 Å². The van der Waals surface area contributed by atoms with Crippen molar-refractivity contribution in [1.29, 1.82) is 0 Å². The van der Waals surface area contributed by atoms with Crippen LogP contribution in [0.5, 0.6) is 0 Å². The lowest BCUT2D eigenvalue weighted by Crippen LogP contribution is -2.44. The van der Waals surface area contributed by atoms with Crippen molar-refractivity contribution >= 4 is 23.2 Å². The molecular weight excluding hydrogens is 308 g/mol. The molecule has 1 unspecified atom stereocenters. The number of aryl methyl sites for hydroxylation is 1. The smallest absolute Gasteiger partial charge is 0.264 e. The number of thiophene rings is 1. The van der Waals surface area contributed by atoms with Crippen LogP contribution in [-0.2, 0) is 4.79 Å². The largest absolute Gasteiger partial charge is 0.369 e. The first-order chi connectivity index (χ1) is 11.1. The summed E-state index contributed by atoms with van der Waals surface area (Å²) in [5.41, 5.74) is 8.61. The van der Waals surface area contributed by atoms with Crippen molar-refractivity contribution < 1.29 is 9.59 Å². The van der Waals surface area contributed by atoms with Gasteiger partial charge >= 0.3 is 0 Å². The number of hydrogen-bond donors (Lipinski definition) is 1. The van der Waals surface area contributed by atoms with Crippen molar-refractivity contribution in [2.24, 2.45) is 11.7 Å². The lowest BCUT2D eigenvalue weighted by atomic mass is 9.97. The molecule has 0 saturated carbocycles. The van der Waals surface area contributed by atoms with Crippen molar-refractivity contribution in [1.82, 2.24) is 4.90 Å². The SMILES string of the molecule is Cc1ccc(-c2ccsc2C(=O)N2CCCC(C(N)=O)C2)cc1. The normalized spacial score (nSPS) is 18.0. The van der Waals surface area contributed by atoms with Crippen molar-refractivity contribution in [2.45, 2.75) is 19.8 Å². The fourth-order valence-corrected chi connectivity index (χ4v) is 3.86. The molecule has 0 aliphatic carbocycles. The molecule has 2 aromatic rings. The highest BCUT2D eigenvalue weighted by molar-refractivity contribution is 7.12. The van der Waals surface area contributed by atoms with Gasteiger partial charge in [-0.25, -0.2) is 0 Å². The molecule has 1 aliphatic heterocycles. The zero-order valence-corrected chi connectivity index (χ0v) is 13.9. The van der Waals surface area contributed by atoms with E-state index in [1.807, 2.05) is 42.6 Å². The van der Waals surface area contributed by atoms with Gasteiger partial charge in [0.15, 0.2) is 0 Å². The Morgan fingerprint density at radius 3 is 2.65 bits per heavy atom. The predicted molar refractivity (Wildman–Crippen MR) is 92.3 cm³/mol. The van der Waals surface area contributed by atoms with Crippen LogP contribution < -0.4 is 5.73 Å². The second-order valence-electron chi connectivity index (χ2n) is 6.02. The first-order valence-electron chi connectivity index (χ1n) is 7.79. The topological polar surface area (TPSA) is 63.4 Å². The van der Waals surface area contributed by atoms with Gasteiger partial charge in [-0.1, -0.05) is 29.8 Å². The van der Waals surface area contributed by atoms with Gasteiger partial charge in [0.2, 0.25) is 5.91 Å². The molecule has 4 nitrogen and oxygen atoms in total. The van der Waals surface area contributed by atoms with E-state index in [-0.39, 0.29) is 17.7 Å². The molecule has 5 heteroatoms. The second kappa shape index (κ2) is 6.54. The summed E-state index contributed by atoms with van der Waals surface area (Å²) in [6, 6.07) is 10.2. The maximum atomic E-state index is 12.9. The fourth-order valence-electron chi connectivity index (χ4n) is 2.97. The minimum atomic E-state index is -0.313. The molecule has 0 radical (unpaired) electrons. The summed E-state index contributed by atoms with van der Waals surface area (Å²) >= 11 is 1.45. The molecule has 2 amide bonds. The molecule has 1 aliphatic rings. The maximum Gasteiger partial charge on any atom is 0.264 e. The second-order valence-corrected chi connectivity index (χ2v) is 6.94. The van der Waals surface area contributed by atoms with Crippen LogP contribution in [0.15, 0.2) is 35.7 Å². The third-order valence-electron chi connectivity index (χ3n) is 4.33. The van der Waals surface area contributed by atoms with Crippen molar-refractivity contribution in [3.05, 3.63) is 46.2 Å². The number of piperidine rings is 1.